The number of oxazole rings is 1. The van der Waals surface area contributed by atoms with Crippen molar-refractivity contribution >= 4 is 23.0 Å². The molecule has 2 aromatic rings. The SMILES string of the molecule is O=C1CN(c2nc3ccccc3o2)CCN1CC1CCCC1. The molecule has 0 atom stereocenters. The summed E-state index contributed by atoms with van der Waals surface area (Å²) in [5, 5.41) is 0. The van der Waals surface area contributed by atoms with Crippen LogP contribution >= 0.6 is 0 Å². The maximum atomic E-state index is 12.4. The van der Waals surface area contributed by atoms with Crippen molar-refractivity contribution in [1.82, 2.24) is 9.88 Å². The molecule has 5 nitrogen and oxygen atoms in total. The molecule has 2 aliphatic rings. The minimum atomic E-state index is 0.195. The van der Waals surface area contributed by atoms with Crippen LogP contribution in [-0.2, 0) is 4.79 Å². The molecule has 0 bridgehead atoms. The van der Waals surface area contributed by atoms with Crippen LogP contribution in [0.5, 0.6) is 0 Å². The highest BCUT2D eigenvalue weighted by Crippen LogP contribution is 2.27. The Hall–Kier alpha value is -2.04. The van der Waals surface area contributed by atoms with E-state index < -0.39 is 0 Å². The number of rotatable bonds is 3. The van der Waals surface area contributed by atoms with Crippen LogP contribution in [0.3, 0.4) is 0 Å². The van der Waals surface area contributed by atoms with E-state index in [2.05, 4.69) is 4.98 Å². The molecule has 4 rings (SSSR count). The zero-order valence-electron chi connectivity index (χ0n) is 12.7. The van der Waals surface area contributed by atoms with E-state index >= 15 is 0 Å². The van der Waals surface area contributed by atoms with Gasteiger partial charge in [-0.2, -0.15) is 4.98 Å². The largest absolute Gasteiger partial charge is 0.423 e. The summed E-state index contributed by atoms with van der Waals surface area (Å²) in [5.41, 5.74) is 1.62. The van der Waals surface area contributed by atoms with E-state index in [0.717, 1.165) is 30.7 Å². The quantitative estimate of drug-likeness (QED) is 0.874. The first-order valence-electron chi connectivity index (χ1n) is 8.18. The summed E-state index contributed by atoms with van der Waals surface area (Å²) in [4.78, 5) is 20.9. The van der Waals surface area contributed by atoms with E-state index in [1.165, 1.54) is 25.7 Å². The van der Waals surface area contributed by atoms with E-state index in [1.807, 2.05) is 34.1 Å². The number of benzene rings is 1. The number of carbonyl (C=O) groups excluding carboxylic acids is 1. The molecule has 1 saturated carbocycles. The summed E-state index contributed by atoms with van der Waals surface area (Å²) in [5.74, 6) is 0.903. The lowest BCUT2D eigenvalue weighted by atomic mass is 10.1. The van der Waals surface area contributed by atoms with Gasteiger partial charge in [-0.25, -0.2) is 0 Å². The number of piperazine rings is 1. The van der Waals surface area contributed by atoms with Crippen molar-refractivity contribution in [2.75, 3.05) is 31.1 Å². The maximum Gasteiger partial charge on any atom is 0.298 e. The van der Waals surface area contributed by atoms with Crippen molar-refractivity contribution in [3.63, 3.8) is 0 Å². The molecule has 0 spiro atoms. The molecule has 2 heterocycles. The zero-order valence-corrected chi connectivity index (χ0v) is 12.7. The van der Waals surface area contributed by atoms with Crippen LogP contribution in [-0.4, -0.2) is 42.0 Å². The Morgan fingerprint density at radius 1 is 1.18 bits per heavy atom. The minimum absolute atomic E-state index is 0.195. The van der Waals surface area contributed by atoms with Crippen molar-refractivity contribution in [3.05, 3.63) is 24.3 Å². The van der Waals surface area contributed by atoms with E-state index in [-0.39, 0.29) is 5.91 Å². The van der Waals surface area contributed by atoms with Crippen molar-refractivity contribution in [1.29, 1.82) is 0 Å². The van der Waals surface area contributed by atoms with Crippen LogP contribution in [0.15, 0.2) is 28.7 Å². The number of hydrogen-bond acceptors (Lipinski definition) is 4. The third kappa shape index (κ3) is 2.56. The van der Waals surface area contributed by atoms with Crippen molar-refractivity contribution in [3.8, 4) is 0 Å². The van der Waals surface area contributed by atoms with Gasteiger partial charge in [-0.1, -0.05) is 25.0 Å². The number of amides is 1. The van der Waals surface area contributed by atoms with Gasteiger partial charge >= 0.3 is 0 Å². The molecule has 2 fully saturated rings. The number of para-hydroxylation sites is 2. The van der Waals surface area contributed by atoms with Crippen LogP contribution in [0.2, 0.25) is 0 Å². The third-order valence-corrected chi connectivity index (χ3v) is 4.83. The smallest absolute Gasteiger partial charge is 0.298 e. The number of nitrogens with zero attached hydrogens (tertiary/aromatic N) is 3. The van der Waals surface area contributed by atoms with Gasteiger partial charge in [0.15, 0.2) is 5.58 Å². The van der Waals surface area contributed by atoms with Gasteiger partial charge in [-0.05, 0) is 30.9 Å². The molecule has 1 aromatic heterocycles. The maximum absolute atomic E-state index is 12.4. The number of aromatic nitrogens is 1. The number of hydrogen-bond donors (Lipinski definition) is 0. The molecule has 5 heteroatoms. The molecule has 116 valence electrons. The fourth-order valence-electron chi connectivity index (χ4n) is 3.56. The van der Waals surface area contributed by atoms with Crippen LogP contribution in [0, 0.1) is 5.92 Å². The van der Waals surface area contributed by atoms with Crippen molar-refractivity contribution < 1.29 is 9.21 Å². The van der Waals surface area contributed by atoms with Gasteiger partial charge in [0.05, 0.1) is 0 Å². The van der Waals surface area contributed by atoms with Crippen LogP contribution < -0.4 is 4.90 Å². The molecule has 1 amide bonds. The van der Waals surface area contributed by atoms with E-state index in [1.54, 1.807) is 0 Å². The van der Waals surface area contributed by atoms with Crippen molar-refractivity contribution in [2.45, 2.75) is 25.7 Å². The normalized spacial score (nSPS) is 20.3. The molecular formula is C17H21N3O2. The van der Waals surface area contributed by atoms with Crippen molar-refractivity contribution in [2.24, 2.45) is 5.92 Å². The highest BCUT2D eigenvalue weighted by Gasteiger charge is 2.29. The first kappa shape index (κ1) is 13.6. The summed E-state index contributed by atoms with van der Waals surface area (Å²) in [7, 11) is 0. The number of fused-ring (bicyclic) bond motifs is 1. The Morgan fingerprint density at radius 3 is 2.77 bits per heavy atom. The fraction of sp³-hybridized carbons (Fsp3) is 0.529. The predicted octanol–water partition coefficient (Wildman–Crippen LogP) is 2.67. The highest BCUT2D eigenvalue weighted by atomic mass is 16.4. The molecule has 1 aliphatic carbocycles. The lowest BCUT2D eigenvalue weighted by molar-refractivity contribution is -0.131. The van der Waals surface area contributed by atoms with Gasteiger partial charge in [0.1, 0.15) is 12.1 Å². The number of anilines is 1. The molecule has 22 heavy (non-hydrogen) atoms. The van der Waals surface area contributed by atoms with Crippen LogP contribution in [0.4, 0.5) is 6.01 Å². The Bertz CT molecular complexity index is 642. The van der Waals surface area contributed by atoms with Gasteiger partial charge in [-0.3, -0.25) is 4.79 Å². The third-order valence-electron chi connectivity index (χ3n) is 4.83. The van der Waals surface area contributed by atoms with Crippen LogP contribution in [0.1, 0.15) is 25.7 Å². The fourth-order valence-corrected chi connectivity index (χ4v) is 3.56. The molecular weight excluding hydrogens is 278 g/mol. The highest BCUT2D eigenvalue weighted by molar-refractivity contribution is 5.83. The van der Waals surface area contributed by atoms with E-state index in [0.29, 0.717) is 18.5 Å². The molecule has 1 aliphatic heterocycles. The molecule has 0 radical (unpaired) electrons. The molecule has 0 N–H and O–H groups in total. The second-order valence-corrected chi connectivity index (χ2v) is 6.38. The Kier molecular flexibility index (Phi) is 3.48. The monoisotopic (exact) mass is 299 g/mol. The average molecular weight is 299 g/mol. The summed E-state index contributed by atoms with van der Waals surface area (Å²) in [6.07, 6.45) is 5.20. The Labute approximate surface area is 129 Å². The predicted molar refractivity (Wildman–Crippen MR) is 84.8 cm³/mol. The zero-order chi connectivity index (χ0) is 14.9. The Balaban J connectivity index is 1.44. The van der Waals surface area contributed by atoms with Crippen LogP contribution in [0.25, 0.3) is 11.1 Å². The summed E-state index contributed by atoms with van der Waals surface area (Å²) in [6.45, 7) is 2.87. The lowest BCUT2D eigenvalue weighted by Gasteiger charge is -2.34. The lowest BCUT2D eigenvalue weighted by Crippen LogP contribution is -2.51. The first-order chi connectivity index (χ1) is 10.8. The number of carbonyl (C=O) groups is 1. The topological polar surface area (TPSA) is 49.6 Å². The summed E-state index contributed by atoms with van der Waals surface area (Å²) < 4.78 is 5.77. The second-order valence-electron chi connectivity index (χ2n) is 6.38. The Morgan fingerprint density at radius 2 is 2.00 bits per heavy atom. The van der Waals surface area contributed by atoms with E-state index in [9.17, 15) is 4.79 Å². The van der Waals surface area contributed by atoms with Gasteiger partial charge in [0.25, 0.3) is 6.01 Å². The minimum Gasteiger partial charge on any atom is -0.423 e. The second kappa shape index (κ2) is 5.63. The standard InChI is InChI=1S/C17H21N3O2/c21-16-12-20(10-9-19(16)11-13-5-1-2-6-13)17-18-14-7-3-4-8-15(14)22-17/h3-4,7-8,13H,1-2,5-6,9-12H2. The molecule has 1 aromatic carbocycles. The van der Waals surface area contributed by atoms with Gasteiger partial charge in [-0.15, -0.1) is 0 Å². The molecule has 1 saturated heterocycles. The average Bonchev–Trinajstić information content (AvgIpc) is 3.18. The summed E-state index contributed by atoms with van der Waals surface area (Å²) in [6, 6.07) is 8.28. The van der Waals surface area contributed by atoms with E-state index in [4.69, 9.17) is 4.42 Å². The summed E-state index contributed by atoms with van der Waals surface area (Å²) >= 11 is 0. The van der Waals surface area contributed by atoms with Gasteiger partial charge in [0, 0.05) is 19.6 Å². The first-order valence-corrected chi connectivity index (χ1v) is 8.18. The van der Waals surface area contributed by atoms with Gasteiger partial charge in [0.2, 0.25) is 5.91 Å². The molecule has 0 unspecified atom stereocenters. The van der Waals surface area contributed by atoms with Gasteiger partial charge < -0.3 is 14.2 Å².